The molecule has 3 nitrogen and oxygen atoms in total. The highest BCUT2D eigenvalue weighted by molar-refractivity contribution is 6.29. The highest BCUT2D eigenvalue weighted by atomic mass is 35.5. The molecule has 0 fully saturated rings. The molecule has 17 heavy (non-hydrogen) atoms. The quantitative estimate of drug-likeness (QED) is 0.758. The van der Waals surface area contributed by atoms with Crippen molar-refractivity contribution in [1.29, 1.82) is 0 Å². The third-order valence-electron chi connectivity index (χ3n) is 2.54. The Morgan fingerprint density at radius 3 is 2.59 bits per heavy atom. The molecule has 4 heteroatoms. The van der Waals surface area contributed by atoms with Crippen LogP contribution in [0.3, 0.4) is 0 Å². The molecular weight excluding hydrogens is 236 g/mol. The average molecular weight is 249 g/mol. The Balaban J connectivity index is 2.33. The molecule has 0 spiro atoms. The number of halogens is 1. The second-order valence-corrected chi connectivity index (χ2v) is 4.28. The van der Waals surface area contributed by atoms with Gasteiger partial charge in [-0.2, -0.15) is 0 Å². The van der Waals surface area contributed by atoms with Gasteiger partial charge in [-0.25, -0.2) is 4.98 Å². The fourth-order valence-corrected chi connectivity index (χ4v) is 1.64. The summed E-state index contributed by atoms with van der Waals surface area (Å²) in [6.45, 7) is 5.91. The molecule has 0 aromatic carbocycles. The molecule has 88 valence electrons. The van der Waals surface area contributed by atoms with Gasteiger partial charge in [0.15, 0.2) is 0 Å². The first-order valence-electron chi connectivity index (χ1n) is 5.30. The zero-order valence-electron chi connectivity index (χ0n) is 9.99. The predicted molar refractivity (Wildman–Crippen MR) is 67.8 cm³/mol. The van der Waals surface area contributed by atoms with E-state index in [-0.39, 0.29) is 0 Å². The number of aryl methyl sites for hydroxylation is 3. The number of rotatable bonds is 2. The van der Waals surface area contributed by atoms with E-state index in [2.05, 4.69) is 9.97 Å². The maximum atomic E-state index is 5.80. The first-order chi connectivity index (χ1) is 8.06. The number of nitrogens with zero attached hydrogens (tertiary/aromatic N) is 2. The SMILES string of the molecule is Cc1cc(Oc2ccnc(Cl)c2)c(C)nc1C. The summed E-state index contributed by atoms with van der Waals surface area (Å²) in [4.78, 5) is 8.32. The van der Waals surface area contributed by atoms with E-state index in [1.807, 2.05) is 26.8 Å². The molecule has 0 saturated heterocycles. The van der Waals surface area contributed by atoms with Gasteiger partial charge in [0.2, 0.25) is 0 Å². The van der Waals surface area contributed by atoms with Gasteiger partial charge in [0, 0.05) is 18.0 Å². The van der Waals surface area contributed by atoms with Crippen molar-refractivity contribution in [3.8, 4) is 11.5 Å². The standard InChI is InChI=1S/C13H13ClN2O/c1-8-6-12(10(3)16-9(8)2)17-11-4-5-15-13(14)7-11/h4-7H,1-3H3. The van der Waals surface area contributed by atoms with Crippen molar-refractivity contribution in [1.82, 2.24) is 9.97 Å². The van der Waals surface area contributed by atoms with Crippen LogP contribution in [0.25, 0.3) is 0 Å². The van der Waals surface area contributed by atoms with Gasteiger partial charge in [-0.05, 0) is 38.5 Å². The fraction of sp³-hybridized carbons (Fsp3) is 0.231. The van der Waals surface area contributed by atoms with Crippen LogP contribution in [0.1, 0.15) is 17.0 Å². The van der Waals surface area contributed by atoms with E-state index >= 15 is 0 Å². The lowest BCUT2D eigenvalue weighted by atomic mass is 10.2. The normalized spacial score (nSPS) is 10.4. The van der Waals surface area contributed by atoms with Crippen LogP contribution in [0, 0.1) is 20.8 Å². The summed E-state index contributed by atoms with van der Waals surface area (Å²) in [5.41, 5.74) is 2.98. The van der Waals surface area contributed by atoms with Gasteiger partial charge in [0.05, 0.1) is 5.69 Å². The van der Waals surface area contributed by atoms with E-state index in [9.17, 15) is 0 Å². The molecule has 2 aromatic rings. The van der Waals surface area contributed by atoms with Crippen LogP contribution in [0.15, 0.2) is 24.4 Å². The van der Waals surface area contributed by atoms with Crippen molar-refractivity contribution in [2.75, 3.05) is 0 Å². The molecule has 0 aliphatic rings. The van der Waals surface area contributed by atoms with Crippen LogP contribution in [-0.4, -0.2) is 9.97 Å². The molecule has 2 aromatic heterocycles. The van der Waals surface area contributed by atoms with Crippen LogP contribution in [0.2, 0.25) is 5.15 Å². The van der Waals surface area contributed by atoms with E-state index in [1.54, 1.807) is 18.3 Å². The summed E-state index contributed by atoms with van der Waals surface area (Å²) < 4.78 is 5.74. The van der Waals surface area contributed by atoms with Crippen LogP contribution in [-0.2, 0) is 0 Å². The van der Waals surface area contributed by atoms with E-state index in [0.717, 1.165) is 22.7 Å². The van der Waals surface area contributed by atoms with Crippen molar-refractivity contribution in [3.63, 3.8) is 0 Å². The Labute approximate surface area is 105 Å². The number of ether oxygens (including phenoxy) is 1. The molecule has 0 bridgehead atoms. The van der Waals surface area contributed by atoms with Crippen LogP contribution in [0.5, 0.6) is 11.5 Å². The third-order valence-corrected chi connectivity index (χ3v) is 2.74. The molecule has 0 unspecified atom stereocenters. The van der Waals surface area contributed by atoms with E-state index in [0.29, 0.717) is 10.9 Å². The molecule has 2 rings (SSSR count). The fourth-order valence-electron chi connectivity index (χ4n) is 1.48. The topological polar surface area (TPSA) is 35.0 Å². The summed E-state index contributed by atoms with van der Waals surface area (Å²) in [6, 6.07) is 5.42. The van der Waals surface area contributed by atoms with Crippen LogP contribution >= 0.6 is 11.6 Å². The predicted octanol–water partition coefficient (Wildman–Crippen LogP) is 3.85. The van der Waals surface area contributed by atoms with Crippen molar-refractivity contribution in [3.05, 3.63) is 46.5 Å². The highest BCUT2D eigenvalue weighted by Gasteiger charge is 2.06. The Bertz CT molecular complexity index is 555. The van der Waals surface area contributed by atoms with Crippen molar-refractivity contribution in [2.24, 2.45) is 0 Å². The molecule has 0 radical (unpaired) electrons. The lowest BCUT2D eigenvalue weighted by Crippen LogP contribution is -1.95. The molecular formula is C13H13ClN2O. The monoisotopic (exact) mass is 248 g/mol. The maximum Gasteiger partial charge on any atom is 0.148 e. The number of hydrogen-bond donors (Lipinski definition) is 0. The zero-order chi connectivity index (χ0) is 12.4. The van der Waals surface area contributed by atoms with Gasteiger partial charge in [-0.1, -0.05) is 11.6 Å². The second kappa shape index (κ2) is 4.72. The number of pyridine rings is 2. The zero-order valence-corrected chi connectivity index (χ0v) is 10.7. The van der Waals surface area contributed by atoms with Crippen LogP contribution in [0.4, 0.5) is 0 Å². The van der Waals surface area contributed by atoms with Crippen molar-refractivity contribution < 1.29 is 4.74 Å². The highest BCUT2D eigenvalue weighted by Crippen LogP contribution is 2.26. The second-order valence-electron chi connectivity index (χ2n) is 3.89. The molecule has 0 aliphatic carbocycles. The van der Waals surface area contributed by atoms with E-state index in [4.69, 9.17) is 16.3 Å². The average Bonchev–Trinajstić information content (AvgIpc) is 2.26. The minimum Gasteiger partial charge on any atom is -0.455 e. The number of hydrogen-bond acceptors (Lipinski definition) is 3. The van der Waals surface area contributed by atoms with Gasteiger partial charge in [-0.3, -0.25) is 4.98 Å². The molecule has 0 aliphatic heterocycles. The molecule has 0 N–H and O–H groups in total. The maximum absolute atomic E-state index is 5.80. The third kappa shape index (κ3) is 2.74. The first-order valence-corrected chi connectivity index (χ1v) is 5.68. The Kier molecular flexibility index (Phi) is 3.29. The smallest absolute Gasteiger partial charge is 0.148 e. The number of aromatic nitrogens is 2. The van der Waals surface area contributed by atoms with Gasteiger partial charge in [-0.15, -0.1) is 0 Å². The molecule has 0 atom stereocenters. The van der Waals surface area contributed by atoms with E-state index in [1.165, 1.54) is 0 Å². The summed E-state index contributed by atoms with van der Waals surface area (Å²) >= 11 is 5.80. The summed E-state index contributed by atoms with van der Waals surface area (Å²) in [5, 5.41) is 0.414. The Morgan fingerprint density at radius 1 is 1.12 bits per heavy atom. The van der Waals surface area contributed by atoms with E-state index < -0.39 is 0 Å². The van der Waals surface area contributed by atoms with Gasteiger partial charge < -0.3 is 4.74 Å². The van der Waals surface area contributed by atoms with Crippen molar-refractivity contribution >= 4 is 11.6 Å². The van der Waals surface area contributed by atoms with Gasteiger partial charge >= 0.3 is 0 Å². The lowest BCUT2D eigenvalue weighted by Gasteiger charge is -2.10. The Morgan fingerprint density at radius 2 is 1.88 bits per heavy atom. The van der Waals surface area contributed by atoms with Gasteiger partial charge in [0.25, 0.3) is 0 Å². The largest absolute Gasteiger partial charge is 0.455 e. The van der Waals surface area contributed by atoms with Crippen molar-refractivity contribution in [2.45, 2.75) is 20.8 Å². The summed E-state index contributed by atoms with van der Waals surface area (Å²) in [7, 11) is 0. The summed E-state index contributed by atoms with van der Waals surface area (Å²) in [5.74, 6) is 1.41. The molecule has 2 heterocycles. The molecule has 0 amide bonds. The minimum absolute atomic E-state index is 0.414. The Hall–Kier alpha value is -1.61. The lowest BCUT2D eigenvalue weighted by molar-refractivity contribution is 0.474. The molecule has 0 saturated carbocycles. The summed E-state index contributed by atoms with van der Waals surface area (Å²) in [6.07, 6.45) is 1.61. The first kappa shape index (κ1) is 11.9. The minimum atomic E-state index is 0.414. The van der Waals surface area contributed by atoms with Gasteiger partial charge in [0.1, 0.15) is 16.7 Å². The van der Waals surface area contributed by atoms with Crippen LogP contribution < -0.4 is 4.74 Å².